The zero-order valence-corrected chi connectivity index (χ0v) is 16.5. The van der Waals surface area contributed by atoms with Crippen molar-refractivity contribution in [2.45, 2.75) is 12.8 Å². The molecule has 0 spiro atoms. The van der Waals surface area contributed by atoms with Crippen molar-refractivity contribution in [3.63, 3.8) is 0 Å². The van der Waals surface area contributed by atoms with Crippen LogP contribution in [0.2, 0.25) is 10.0 Å². The molecule has 0 atom stereocenters. The first-order valence-electron chi connectivity index (χ1n) is 8.19. The van der Waals surface area contributed by atoms with Crippen LogP contribution in [0.1, 0.15) is 18.4 Å². The van der Waals surface area contributed by atoms with Gasteiger partial charge in [-0.1, -0.05) is 35.3 Å². The average Bonchev–Trinajstić information content (AvgIpc) is 2.63. The molecule has 0 aliphatic heterocycles. The number of carbonyl (C=O) groups excluding carboxylic acids is 2. The highest BCUT2D eigenvalue weighted by atomic mass is 35.5. The Morgan fingerprint density at radius 3 is 2.37 bits per heavy atom. The lowest BCUT2D eigenvalue weighted by atomic mass is 10.2. The molecular formula is C19H20Cl2N4O2. The Kier molecular flexibility index (Phi) is 7.64. The van der Waals surface area contributed by atoms with E-state index < -0.39 is 0 Å². The smallest absolute Gasteiger partial charge is 0.240 e. The van der Waals surface area contributed by atoms with Gasteiger partial charge in [0.1, 0.15) is 0 Å². The number of hydrogen-bond acceptors (Lipinski definition) is 4. The molecular weight excluding hydrogens is 387 g/mol. The van der Waals surface area contributed by atoms with Gasteiger partial charge in [0.15, 0.2) is 0 Å². The van der Waals surface area contributed by atoms with Gasteiger partial charge >= 0.3 is 0 Å². The molecule has 27 heavy (non-hydrogen) atoms. The zero-order valence-electron chi connectivity index (χ0n) is 15.0. The zero-order chi connectivity index (χ0) is 19.8. The summed E-state index contributed by atoms with van der Waals surface area (Å²) in [6.07, 6.45) is 1.55. The van der Waals surface area contributed by atoms with Gasteiger partial charge in [-0.15, -0.1) is 0 Å². The number of halogens is 2. The first-order valence-corrected chi connectivity index (χ1v) is 8.95. The van der Waals surface area contributed by atoms with E-state index in [0.29, 0.717) is 15.7 Å². The Morgan fingerprint density at radius 2 is 1.70 bits per heavy atom. The molecule has 0 aromatic heterocycles. The van der Waals surface area contributed by atoms with Gasteiger partial charge in [-0.05, 0) is 35.9 Å². The van der Waals surface area contributed by atoms with Crippen molar-refractivity contribution < 1.29 is 9.59 Å². The maximum atomic E-state index is 11.9. The monoisotopic (exact) mass is 406 g/mol. The molecule has 0 radical (unpaired) electrons. The van der Waals surface area contributed by atoms with E-state index in [0.717, 1.165) is 11.3 Å². The Balaban J connectivity index is 1.76. The van der Waals surface area contributed by atoms with Gasteiger partial charge in [0, 0.05) is 37.6 Å². The van der Waals surface area contributed by atoms with Gasteiger partial charge in [0.2, 0.25) is 11.8 Å². The molecule has 0 aliphatic rings. The van der Waals surface area contributed by atoms with Crippen molar-refractivity contribution in [1.29, 1.82) is 0 Å². The van der Waals surface area contributed by atoms with Gasteiger partial charge in [-0.25, -0.2) is 5.43 Å². The van der Waals surface area contributed by atoms with E-state index in [1.54, 1.807) is 24.4 Å². The minimum Gasteiger partial charge on any atom is -0.378 e. The lowest BCUT2D eigenvalue weighted by Gasteiger charge is -2.11. The van der Waals surface area contributed by atoms with Crippen molar-refractivity contribution >= 4 is 52.6 Å². The minimum absolute atomic E-state index is 0.000918. The van der Waals surface area contributed by atoms with Crippen molar-refractivity contribution in [3.05, 3.63) is 58.1 Å². The molecule has 0 aliphatic carbocycles. The molecule has 0 unspecified atom stereocenters. The van der Waals surface area contributed by atoms with Crippen molar-refractivity contribution in [2.75, 3.05) is 24.3 Å². The Labute approximate surface area is 168 Å². The van der Waals surface area contributed by atoms with Gasteiger partial charge < -0.3 is 10.2 Å². The second-order valence-corrected chi connectivity index (χ2v) is 6.80. The summed E-state index contributed by atoms with van der Waals surface area (Å²) in [6, 6.07) is 12.5. The van der Waals surface area contributed by atoms with Gasteiger partial charge in [-0.3, -0.25) is 9.59 Å². The van der Waals surface area contributed by atoms with Crippen LogP contribution in [0.5, 0.6) is 0 Å². The third-order valence-electron chi connectivity index (χ3n) is 3.59. The SMILES string of the molecule is CN(C)c1ccc(C=NNC(=O)CCC(=O)Nc2cc(Cl)ccc2Cl)cc1. The number of hydrogen-bond donors (Lipinski definition) is 2. The van der Waals surface area contributed by atoms with Crippen LogP contribution in [0.3, 0.4) is 0 Å². The first-order chi connectivity index (χ1) is 12.8. The summed E-state index contributed by atoms with van der Waals surface area (Å²) in [4.78, 5) is 25.7. The van der Waals surface area contributed by atoms with E-state index in [4.69, 9.17) is 23.2 Å². The molecule has 142 valence electrons. The van der Waals surface area contributed by atoms with Gasteiger partial charge in [-0.2, -0.15) is 5.10 Å². The maximum Gasteiger partial charge on any atom is 0.240 e. The number of benzene rings is 2. The van der Waals surface area contributed by atoms with Crippen LogP contribution in [0.25, 0.3) is 0 Å². The van der Waals surface area contributed by atoms with Crippen LogP contribution in [0.4, 0.5) is 11.4 Å². The molecule has 0 bridgehead atoms. The van der Waals surface area contributed by atoms with Gasteiger partial charge in [0.05, 0.1) is 16.9 Å². The Bertz CT molecular complexity index is 836. The second-order valence-electron chi connectivity index (χ2n) is 5.95. The molecule has 2 aromatic rings. The third kappa shape index (κ3) is 6.92. The normalized spacial score (nSPS) is 10.7. The number of rotatable bonds is 7. The summed E-state index contributed by atoms with van der Waals surface area (Å²) in [7, 11) is 3.92. The highest BCUT2D eigenvalue weighted by Crippen LogP contribution is 2.25. The molecule has 2 N–H and O–H groups in total. The largest absolute Gasteiger partial charge is 0.378 e. The van der Waals surface area contributed by atoms with E-state index in [2.05, 4.69) is 15.8 Å². The fourth-order valence-corrected chi connectivity index (χ4v) is 2.46. The topological polar surface area (TPSA) is 73.8 Å². The van der Waals surface area contributed by atoms with E-state index in [-0.39, 0.29) is 24.7 Å². The van der Waals surface area contributed by atoms with Crippen LogP contribution in [-0.2, 0) is 9.59 Å². The van der Waals surface area contributed by atoms with E-state index in [9.17, 15) is 9.59 Å². The van der Waals surface area contributed by atoms with Crippen molar-refractivity contribution in [3.8, 4) is 0 Å². The molecule has 0 heterocycles. The van der Waals surface area contributed by atoms with E-state index >= 15 is 0 Å². The predicted molar refractivity (Wildman–Crippen MR) is 111 cm³/mol. The molecule has 0 fully saturated rings. The second kappa shape index (κ2) is 9.94. The molecule has 2 rings (SSSR count). The molecule has 2 amide bonds. The summed E-state index contributed by atoms with van der Waals surface area (Å²) in [5.41, 5.74) is 4.74. The molecule has 6 nitrogen and oxygen atoms in total. The third-order valence-corrected chi connectivity index (χ3v) is 4.16. The van der Waals surface area contributed by atoms with E-state index in [1.807, 2.05) is 43.3 Å². The summed E-state index contributed by atoms with van der Waals surface area (Å²) in [5, 5.41) is 7.36. The minimum atomic E-state index is -0.358. The standard InChI is InChI=1S/C19H20Cl2N4O2/c1-25(2)15-6-3-13(4-7-15)12-22-24-19(27)10-9-18(26)23-17-11-14(20)5-8-16(17)21/h3-8,11-12H,9-10H2,1-2H3,(H,23,26)(H,24,27). The number of nitrogens with zero attached hydrogens (tertiary/aromatic N) is 2. The lowest BCUT2D eigenvalue weighted by Crippen LogP contribution is -2.20. The van der Waals surface area contributed by atoms with Crippen molar-refractivity contribution in [2.24, 2.45) is 5.10 Å². The quantitative estimate of drug-likeness (QED) is 0.540. The summed E-state index contributed by atoms with van der Waals surface area (Å²) in [6.45, 7) is 0. The fraction of sp³-hybridized carbons (Fsp3) is 0.211. The maximum absolute atomic E-state index is 11.9. The number of nitrogens with one attached hydrogen (secondary N) is 2. The Hall–Kier alpha value is -2.57. The first kappa shape index (κ1) is 20.7. The molecule has 0 saturated heterocycles. The van der Waals surface area contributed by atoms with Crippen LogP contribution >= 0.6 is 23.2 Å². The fourth-order valence-electron chi connectivity index (χ4n) is 2.13. The number of amides is 2. The number of hydrazone groups is 1. The van der Waals surface area contributed by atoms with Gasteiger partial charge in [0.25, 0.3) is 0 Å². The lowest BCUT2D eigenvalue weighted by molar-refractivity contribution is -0.124. The number of anilines is 2. The average molecular weight is 407 g/mol. The highest BCUT2D eigenvalue weighted by Gasteiger charge is 2.09. The van der Waals surface area contributed by atoms with E-state index in [1.165, 1.54) is 0 Å². The predicted octanol–water partition coefficient (Wildman–Crippen LogP) is 3.93. The highest BCUT2D eigenvalue weighted by molar-refractivity contribution is 6.35. The van der Waals surface area contributed by atoms with Crippen LogP contribution in [-0.4, -0.2) is 32.1 Å². The molecule has 2 aromatic carbocycles. The summed E-state index contributed by atoms with van der Waals surface area (Å²) in [5.74, 6) is -0.693. The molecule has 8 heteroatoms. The Morgan fingerprint density at radius 1 is 1.04 bits per heavy atom. The summed E-state index contributed by atoms with van der Waals surface area (Å²) < 4.78 is 0. The number of carbonyl (C=O) groups is 2. The molecule has 0 saturated carbocycles. The van der Waals surface area contributed by atoms with Crippen LogP contribution in [0, 0.1) is 0 Å². The van der Waals surface area contributed by atoms with Crippen molar-refractivity contribution in [1.82, 2.24) is 5.43 Å². The van der Waals surface area contributed by atoms with Crippen LogP contribution < -0.4 is 15.6 Å². The van der Waals surface area contributed by atoms with Crippen LogP contribution in [0.15, 0.2) is 47.6 Å². The summed E-state index contributed by atoms with van der Waals surface area (Å²) >= 11 is 11.8.